The van der Waals surface area contributed by atoms with Gasteiger partial charge in [-0.25, -0.2) is 0 Å². The maximum Gasteiger partial charge on any atom is 0.436 e. The minimum atomic E-state index is -4.56. The molecule has 1 fully saturated rings. The first-order chi connectivity index (χ1) is 15.1. The Kier molecular flexibility index (Phi) is 6.69. The van der Waals surface area contributed by atoms with Crippen molar-refractivity contribution >= 4 is 55.2 Å². The van der Waals surface area contributed by atoms with Crippen molar-refractivity contribution < 1.29 is 18.0 Å². The third kappa shape index (κ3) is 5.37. The lowest BCUT2D eigenvalue weighted by atomic mass is 10.2. The summed E-state index contributed by atoms with van der Waals surface area (Å²) in [4.78, 5) is 12.5. The number of anilines is 1. The number of nitrogens with one attached hydrogen (secondary N) is 1. The van der Waals surface area contributed by atoms with Gasteiger partial charge in [-0.3, -0.25) is 14.2 Å². The summed E-state index contributed by atoms with van der Waals surface area (Å²) in [7, 11) is 0. The summed E-state index contributed by atoms with van der Waals surface area (Å²) in [5, 5.41) is 11.4. The molecular formula is C20H17Br2ClF3N5O. The third-order valence-electron chi connectivity index (χ3n) is 4.95. The first-order valence-corrected chi connectivity index (χ1v) is 11.7. The van der Waals surface area contributed by atoms with Crippen LogP contribution in [0.2, 0.25) is 5.02 Å². The van der Waals surface area contributed by atoms with Crippen molar-refractivity contribution in [3.05, 3.63) is 61.4 Å². The van der Waals surface area contributed by atoms with E-state index in [1.54, 1.807) is 23.0 Å². The molecule has 32 heavy (non-hydrogen) atoms. The Hall–Kier alpha value is -1.85. The van der Waals surface area contributed by atoms with Gasteiger partial charge in [0.25, 0.3) is 0 Å². The number of rotatable bonds is 7. The molecule has 1 N–H and O–H groups in total. The van der Waals surface area contributed by atoms with Gasteiger partial charge in [0.2, 0.25) is 5.91 Å². The average molecular weight is 596 g/mol. The molecule has 3 aromatic rings. The van der Waals surface area contributed by atoms with Crippen LogP contribution in [-0.4, -0.2) is 25.5 Å². The molecule has 4 rings (SSSR count). The van der Waals surface area contributed by atoms with Crippen LogP contribution in [0.25, 0.3) is 0 Å². The molecule has 0 bridgehead atoms. The lowest BCUT2D eigenvalue weighted by Crippen LogP contribution is -2.17. The van der Waals surface area contributed by atoms with Crippen molar-refractivity contribution in [3.8, 4) is 0 Å². The van der Waals surface area contributed by atoms with Crippen molar-refractivity contribution in [3.63, 3.8) is 0 Å². The van der Waals surface area contributed by atoms with Crippen molar-refractivity contribution in [1.29, 1.82) is 0 Å². The van der Waals surface area contributed by atoms with Crippen molar-refractivity contribution in [1.82, 2.24) is 19.6 Å². The SMILES string of the molecule is O=C(CCn1nc(C(F)(F)F)c(Br)c1C1CC1)Nc1nn(Cc2ccc(Cl)cc2)cc1Br. The van der Waals surface area contributed by atoms with Gasteiger partial charge in [0.1, 0.15) is 0 Å². The fourth-order valence-electron chi connectivity index (χ4n) is 3.29. The highest BCUT2D eigenvalue weighted by molar-refractivity contribution is 9.11. The molecule has 0 unspecified atom stereocenters. The molecule has 0 spiro atoms. The first-order valence-electron chi connectivity index (χ1n) is 9.72. The standard InChI is InChI=1S/C20H17Br2ClF3N5O/c21-14-10-30(9-11-1-5-13(23)6-2-11)29-19(14)27-15(32)7-8-31-17(12-3-4-12)16(22)18(28-31)20(24,25)26/h1-2,5-6,10,12H,3-4,7-9H2,(H,27,29,32). The zero-order chi connectivity index (χ0) is 23.0. The topological polar surface area (TPSA) is 64.7 Å². The molecule has 1 aromatic carbocycles. The molecule has 0 saturated heterocycles. The number of amides is 1. The van der Waals surface area contributed by atoms with Crippen LogP contribution in [0.3, 0.4) is 0 Å². The largest absolute Gasteiger partial charge is 0.436 e. The molecule has 1 amide bonds. The summed E-state index contributed by atoms with van der Waals surface area (Å²) in [5.41, 5.74) is 0.529. The van der Waals surface area contributed by atoms with Crippen LogP contribution >= 0.6 is 43.5 Å². The highest BCUT2D eigenvalue weighted by atomic mass is 79.9. The zero-order valence-corrected chi connectivity index (χ0v) is 20.4. The summed E-state index contributed by atoms with van der Waals surface area (Å²) < 4.78 is 43.2. The Morgan fingerprint density at radius 1 is 1.19 bits per heavy atom. The molecular weight excluding hydrogens is 579 g/mol. The Morgan fingerprint density at radius 3 is 2.50 bits per heavy atom. The van der Waals surface area contributed by atoms with E-state index < -0.39 is 11.9 Å². The minimum Gasteiger partial charge on any atom is -0.308 e. The normalized spacial score (nSPS) is 14.1. The molecule has 1 saturated carbocycles. The smallest absolute Gasteiger partial charge is 0.308 e. The predicted molar refractivity (Wildman–Crippen MR) is 121 cm³/mol. The second-order valence-corrected chi connectivity index (χ2v) is 9.57. The summed E-state index contributed by atoms with van der Waals surface area (Å²) in [6, 6.07) is 7.33. The number of halogens is 6. The van der Waals surface area contributed by atoms with Gasteiger partial charge < -0.3 is 5.32 Å². The number of benzene rings is 1. The van der Waals surface area contributed by atoms with E-state index in [9.17, 15) is 18.0 Å². The van der Waals surface area contributed by atoms with Crippen LogP contribution in [0.5, 0.6) is 0 Å². The molecule has 12 heteroatoms. The molecule has 0 atom stereocenters. The fourth-order valence-corrected chi connectivity index (χ4v) is 4.67. The van der Waals surface area contributed by atoms with Gasteiger partial charge in [-0.05, 0) is 62.4 Å². The second kappa shape index (κ2) is 9.18. The number of carbonyl (C=O) groups excluding carboxylic acids is 1. The number of carbonyl (C=O) groups is 1. The van der Waals surface area contributed by atoms with Crippen LogP contribution in [0.1, 0.15) is 42.1 Å². The lowest BCUT2D eigenvalue weighted by molar-refractivity contribution is -0.142. The molecule has 1 aliphatic carbocycles. The molecule has 1 aliphatic rings. The fraction of sp³-hybridized carbons (Fsp3) is 0.350. The van der Waals surface area contributed by atoms with E-state index in [0.29, 0.717) is 27.6 Å². The minimum absolute atomic E-state index is 0.0309. The van der Waals surface area contributed by atoms with Gasteiger partial charge in [-0.2, -0.15) is 23.4 Å². The van der Waals surface area contributed by atoms with Crippen LogP contribution in [-0.2, 0) is 24.1 Å². The van der Waals surface area contributed by atoms with Gasteiger partial charge in [0, 0.05) is 23.6 Å². The van der Waals surface area contributed by atoms with Crippen LogP contribution in [0, 0.1) is 0 Å². The third-order valence-corrected chi connectivity index (χ3v) is 6.56. The summed E-state index contributed by atoms with van der Waals surface area (Å²) in [6.45, 7) is 0.521. The number of aryl methyl sites for hydroxylation is 1. The number of aromatic nitrogens is 4. The highest BCUT2D eigenvalue weighted by Gasteiger charge is 2.41. The van der Waals surface area contributed by atoms with Crippen molar-refractivity contribution in [2.45, 2.75) is 44.4 Å². The Labute approximate surface area is 203 Å². The maximum absolute atomic E-state index is 13.2. The van der Waals surface area contributed by atoms with Crippen LogP contribution in [0.15, 0.2) is 39.4 Å². The van der Waals surface area contributed by atoms with Gasteiger partial charge in [0.15, 0.2) is 11.5 Å². The summed E-state index contributed by atoms with van der Waals surface area (Å²) >= 11 is 12.3. The van der Waals surface area contributed by atoms with Crippen LogP contribution < -0.4 is 5.32 Å². The Balaban J connectivity index is 1.41. The first kappa shape index (κ1) is 23.3. The predicted octanol–water partition coefficient (Wildman–Crippen LogP) is 6.23. The average Bonchev–Trinajstić information content (AvgIpc) is 3.41. The zero-order valence-electron chi connectivity index (χ0n) is 16.5. The number of hydrogen-bond acceptors (Lipinski definition) is 3. The lowest BCUT2D eigenvalue weighted by Gasteiger charge is -2.07. The summed E-state index contributed by atoms with van der Waals surface area (Å²) in [5.74, 6) is 0.00197. The molecule has 170 valence electrons. The molecule has 2 aromatic heterocycles. The van der Waals surface area contributed by atoms with Crippen molar-refractivity contribution in [2.24, 2.45) is 0 Å². The van der Waals surface area contributed by atoms with E-state index in [1.165, 1.54) is 4.68 Å². The van der Waals surface area contributed by atoms with E-state index in [2.05, 4.69) is 47.4 Å². The maximum atomic E-state index is 13.2. The Morgan fingerprint density at radius 2 is 1.88 bits per heavy atom. The number of hydrogen-bond donors (Lipinski definition) is 1. The van der Waals surface area contributed by atoms with E-state index in [0.717, 1.165) is 18.4 Å². The molecule has 6 nitrogen and oxygen atoms in total. The van der Waals surface area contributed by atoms with Gasteiger partial charge in [-0.15, -0.1) is 0 Å². The second-order valence-electron chi connectivity index (χ2n) is 7.49. The number of alkyl halides is 3. The van der Waals surface area contributed by atoms with E-state index in [1.807, 2.05) is 12.1 Å². The molecule has 2 heterocycles. The quantitative estimate of drug-likeness (QED) is 0.352. The van der Waals surface area contributed by atoms with Crippen LogP contribution in [0.4, 0.5) is 19.0 Å². The Bertz CT molecular complexity index is 1140. The van der Waals surface area contributed by atoms with Gasteiger partial charge in [-0.1, -0.05) is 23.7 Å². The van der Waals surface area contributed by atoms with E-state index in [4.69, 9.17) is 11.6 Å². The van der Waals surface area contributed by atoms with Gasteiger partial charge >= 0.3 is 6.18 Å². The van der Waals surface area contributed by atoms with E-state index >= 15 is 0 Å². The van der Waals surface area contributed by atoms with E-state index in [-0.39, 0.29) is 29.3 Å². The van der Waals surface area contributed by atoms with Crippen molar-refractivity contribution in [2.75, 3.05) is 5.32 Å². The van der Waals surface area contributed by atoms with Gasteiger partial charge in [0.05, 0.1) is 27.7 Å². The summed E-state index contributed by atoms with van der Waals surface area (Å²) in [6.07, 6.45) is -1.24. The molecule has 0 aliphatic heterocycles. The monoisotopic (exact) mass is 593 g/mol. The molecule has 0 radical (unpaired) electrons. The highest BCUT2D eigenvalue weighted by Crippen LogP contribution is 2.47. The number of nitrogens with zero attached hydrogens (tertiary/aromatic N) is 4.